The lowest BCUT2D eigenvalue weighted by Gasteiger charge is -2.33. The van der Waals surface area contributed by atoms with Crippen LogP contribution in [0.4, 0.5) is 0 Å². The summed E-state index contributed by atoms with van der Waals surface area (Å²) in [5, 5.41) is 0.979. The third-order valence-corrected chi connectivity index (χ3v) is 5.41. The molecule has 2 amide bonds. The summed E-state index contributed by atoms with van der Waals surface area (Å²) in [6.07, 6.45) is 5.49. The molecule has 0 unspecified atom stereocenters. The van der Waals surface area contributed by atoms with Crippen LogP contribution >= 0.6 is 0 Å². The molecule has 0 aliphatic carbocycles. The Kier molecular flexibility index (Phi) is 4.38. The Hall–Kier alpha value is -2.43. The summed E-state index contributed by atoms with van der Waals surface area (Å²) in [4.78, 5) is 33.7. The first-order valence-electron chi connectivity index (χ1n) is 9.16. The molecule has 0 atom stereocenters. The van der Waals surface area contributed by atoms with Crippen LogP contribution in [-0.4, -0.2) is 52.8 Å². The highest BCUT2D eigenvalue weighted by Crippen LogP contribution is 2.24. The molecule has 1 aromatic heterocycles. The van der Waals surface area contributed by atoms with Gasteiger partial charge >= 0.3 is 0 Å². The number of para-hydroxylation sites is 1. The molecular weight excluding hydrogens is 314 g/mol. The number of benzene rings is 1. The highest BCUT2D eigenvalue weighted by atomic mass is 16.2. The molecular formula is C20H23N3O2. The van der Waals surface area contributed by atoms with E-state index in [0.717, 1.165) is 49.7 Å². The van der Waals surface area contributed by atoms with Gasteiger partial charge in [-0.25, -0.2) is 0 Å². The molecule has 5 nitrogen and oxygen atoms in total. The standard InChI is InChI=1S/C20H23N3O2/c24-19(22-11-1-2-12-22)16-8-13-23(14-9-16)20(25)17-7-3-5-15-6-4-10-21-18(15)17/h3-7,10,16H,1-2,8-9,11-14H2. The van der Waals surface area contributed by atoms with Crippen molar-refractivity contribution in [2.75, 3.05) is 26.2 Å². The summed E-state index contributed by atoms with van der Waals surface area (Å²) in [6, 6.07) is 9.58. The van der Waals surface area contributed by atoms with E-state index in [-0.39, 0.29) is 17.7 Å². The smallest absolute Gasteiger partial charge is 0.256 e. The molecule has 3 heterocycles. The van der Waals surface area contributed by atoms with Crippen LogP contribution in [0.1, 0.15) is 36.0 Å². The molecule has 25 heavy (non-hydrogen) atoms. The highest BCUT2D eigenvalue weighted by molar-refractivity contribution is 6.05. The van der Waals surface area contributed by atoms with Crippen LogP contribution in [0.2, 0.25) is 0 Å². The van der Waals surface area contributed by atoms with Crippen LogP contribution in [0.3, 0.4) is 0 Å². The first-order chi connectivity index (χ1) is 12.2. The van der Waals surface area contributed by atoms with E-state index in [9.17, 15) is 9.59 Å². The first-order valence-corrected chi connectivity index (χ1v) is 9.16. The maximum Gasteiger partial charge on any atom is 0.256 e. The van der Waals surface area contributed by atoms with Crippen LogP contribution in [0.15, 0.2) is 36.5 Å². The van der Waals surface area contributed by atoms with E-state index in [0.29, 0.717) is 18.7 Å². The molecule has 0 bridgehead atoms. The zero-order valence-electron chi connectivity index (χ0n) is 14.4. The molecule has 1 aromatic carbocycles. The zero-order valence-corrected chi connectivity index (χ0v) is 14.4. The van der Waals surface area contributed by atoms with E-state index in [1.165, 1.54) is 0 Å². The highest BCUT2D eigenvalue weighted by Gasteiger charge is 2.31. The Morgan fingerprint density at radius 1 is 0.920 bits per heavy atom. The van der Waals surface area contributed by atoms with Crippen LogP contribution in [-0.2, 0) is 4.79 Å². The number of piperidine rings is 1. The maximum atomic E-state index is 12.9. The summed E-state index contributed by atoms with van der Waals surface area (Å²) in [6.45, 7) is 3.10. The molecule has 0 radical (unpaired) electrons. The third-order valence-electron chi connectivity index (χ3n) is 5.41. The second-order valence-corrected chi connectivity index (χ2v) is 6.98. The number of hydrogen-bond acceptors (Lipinski definition) is 3. The monoisotopic (exact) mass is 337 g/mol. The lowest BCUT2D eigenvalue weighted by molar-refractivity contribution is -0.135. The fourth-order valence-corrected chi connectivity index (χ4v) is 3.97. The molecule has 2 saturated heterocycles. The normalized spacial score (nSPS) is 18.7. The number of fused-ring (bicyclic) bond motifs is 1. The van der Waals surface area contributed by atoms with Gasteiger partial charge in [-0.15, -0.1) is 0 Å². The van der Waals surface area contributed by atoms with Gasteiger partial charge in [-0.3, -0.25) is 14.6 Å². The Morgan fingerprint density at radius 2 is 1.64 bits per heavy atom. The number of carbonyl (C=O) groups excluding carboxylic acids is 2. The summed E-state index contributed by atoms with van der Waals surface area (Å²) in [5.74, 6) is 0.389. The van der Waals surface area contributed by atoms with Crippen molar-refractivity contribution < 1.29 is 9.59 Å². The second kappa shape index (κ2) is 6.82. The summed E-state index contributed by atoms with van der Waals surface area (Å²) in [5.41, 5.74) is 1.41. The fraction of sp³-hybridized carbons (Fsp3) is 0.450. The van der Waals surface area contributed by atoms with Gasteiger partial charge in [0.1, 0.15) is 0 Å². The average Bonchev–Trinajstić information content (AvgIpc) is 3.21. The first kappa shape index (κ1) is 16.1. The van der Waals surface area contributed by atoms with Crippen molar-refractivity contribution in [1.82, 2.24) is 14.8 Å². The van der Waals surface area contributed by atoms with Gasteiger partial charge in [0.25, 0.3) is 5.91 Å². The Labute approximate surface area is 147 Å². The Bertz CT molecular complexity index is 785. The van der Waals surface area contributed by atoms with E-state index >= 15 is 0 Å². The summed E-state index contributed by atoms with van der Waals surface area (Å²) < 4.78 is 0. The molecule has 5 heteroatoms. The maximum absolute atomic E-state index is 12.9. The van der Waals surface area contributed by atoms with Crippen molar-refractivity contribution in [2.45, 2.75) is 25.7 Å². The Balaban J connectivity index is 1.45. The Morgan fingerprint density at radius 3 is 2.40 bits per heavy atom. The summed E-state index contributed by atoms with van der Waals surface area (Å²) >= 11 is 0. The molecule has 2 fully saturated rings. The molecule has 0 N–H and O–H groups in total. The topological polar surface area (TPSA) is 53.5 Å². The van der Waals surface area contributed by atoms with Gasteiger partial charge in [-0.05, 0) is 37.8 Å². The number of pyridine rings is 1. The zero-order chi connectivity index (χ0) is 17.2. The molecule has 2 aliphatic rings. The van der Waals surface area contributed by atoms with Crippen molar-refractivity contribution in [3.63, 3.8) is 0 Å². The summed E-state index contributed by atoms with van der Waals surface area (Å²) in [7, 11) is 0. The van der Waals surface area contributed by atoms with E-state index in [4.69, 9.17) is 0 Å². The van der Waals surface area contributed by atoms with Gasteiger partial charge in [0.05, 0.1) is 11.1 Å². The van der Waals surface area contributed by atoms with Crippen molar-refractivity contribution >= 4 is 22.7 Å². The van der Waals surface area contributed by atoms with Gasteiger partial charge in [0.2, 0.25) is 5.91 Å². The van der Waals surface area contributed by atoms with Crippen LogP contribution in [0, 0.1) is 5.92 Å². The van der Waals surface area contributed by atoms with Gasteiger partial charge in [0, 0.05) is 43.7 Å². The van der Waals surface area contributed by atoms with Crippen LogP contribution < -0.4 is 0 Å². The van der Waals surface area contributed by atoms with Crippen LogP contribution in [0.25, 0.3) is 10.9 Å². The minimum Gasteiger partial charge on any atom is -0.342 e. The number of likely N-dealkylation sites (tertiary alicyclic amines) is 2. The SMILES string of the molecule is O=C(c1cccc2cccnc12)N1CCC(C(=O)N2CCCC2)CC1. The third kappa shape index (κ3) is 3.11. The lowest BCUT2D eigenvalue weighted by Crippen LogP contribution is -2.43. The molecule has 2 aliphatic heterocycles. The van der Waals surface area contributed by atoms with Crippen molar-refractivity contribution in [3.05, 3.63) is 42.1 Å². The molecule has 0 spiro atoms. The number of amides is 2. The molecule has 0 saturated carbocycles. The van der Waals surface area contributed by atoms with Crippen molar-refractivity contribution in [1.29, 1.82) is 0 Å². The average molecular weight is 337 g/mol. The van der Waals surface area contributed by atoms with Gasteiger partial charge in [-0.1, -0.05) is 18.2 Å². The largest absolute Gasteiger partial charge is 0.342 e. The number of carbonyl (C=O) groups is 2. The van der Waals surface area contributed by atoms with Crippen molar-refractivity contribution in [3.8, 4) is 0 Å². The molecule has 4 rings (SSSR count). The quantitative estimate of drug-likeness (QED) is 0.847. The van der Waals surface area contributed by atoms with Gasteiger partial charge < -0.3 is 9.80 Å². The number of hydrogen-bond donors (Lipinski definition) is 0. The number of aromatic nitrogens is 1. The number of rotatable bonds is 2. The number of nitrogens with zero attached hydrogens (tertiary/aromatic N) is 3. The van der Waals surface area contributed by atoms with Crippen molar-refractivity contribution in [2.24, 2.45) is 5.92 Å². The predicted octanol–water partition coefficient (Wildman–Crippen LogP) is 2.71. The van der Waals surface area contributed by atoms with Gasteiger partial charge in [-0.2, -0.15) is 0 Å². The van der Waals surface area contributed by atoms with Gasteiger partial charge in [0.15, 0.2) is 0 Å². The van der Waals surface area contributed by atoms with E-state index in [1.54, 1.807) is 6.20 Å². The van der Waals surface area contributed by atoms with E-state index in [2.05, 4.69) is 4.98 Å². The molecule has 2 aromatic rings. The predicted molar refractivity (Wildman–Crippen MR) is 96.2 cm³/mol. The van der Waals surface area contributed by atoms with Crippen LogP contribution in [0.5, 0.6) is 0 Å². The lowest BCUT2D eigenvalue weighted by atomic mass is 9.94. The minimum atomic E-state index is 0.0244. The fourth-order valence-electron chi connectivity index (χ4n) is 3.97. The van der Waals surface area contributed by atoms with E-state index < -0.39 is 0 Å². The van der Waals surface area contributed by atoms with E-state index in [1.807, 2.05) is 40.1 Å². The molecule has 130 valence electrons. The second-order valence-electron chi connectivity index (χ2n) is 6.98. The minimum absolute atomic E-state index is 0.0244.